The molecule has 1 aliphatic heterocycles. The van der Waals surface area contributed by atoms with Gasteiger partial charge in [-0.1, -0.05) is 37.2 Å². The molecule has 1 aliphatic rings. The van der Waals surface area contributed by atoms with Crippen molar-refractivity contribution in [1.29, 1.82) is 0 Å². The van der Waals surface area contributed by atoms with Crippen molar-refractivity contribution < 1.29 is 4.79 Å². The standard InChI is InChI=1S/C18H22ClN5OS/c1-10(2)9-14-15(16(25)21-13-7-5-12(19)6-8-13)11(3)20-17-22-18(26-4)23-24(14)17/h5-8,10,14H,9H2,1-4H3,(H,21,25)(H,20,22,23). The fraction of sp³-hybridized carbons (Fsp3) is 0.389. The number of nitrogens with zero attached hydrogens (tertiary/aromatic N) is 3. The van der Waals surface area contributed by atoms with Crippen LogP contribution in [0.5, 0.6) is 0 Å². The van der Waals surface area contributed by atoms with Crippen LogP contribution in [0, 0.1) is 5.92 Å². The molecule has 2 aromatic rings. The Bertz CT molecular complexity index is 844. The van der Waals surface area contributed by atoms with Gasteiger partial charge in [0, 0.05) is 16.4 Å². The molecule has 2 heterocycles. The van der Waals surface area contributed by atoms with Crippen LogP contribution in [-0.4, -0.2) is 26.9 Å². The topological polar surface area (TPSA) is 71.8 Å². The lowest BCUT2D eigenvalue weighted by Crippen LogP contribution is -2.31. The molecular weight excluding hydrogens is 370 g/mol. The van der Waals surface area contributed by atoms with Gasteiger partial charge in [-0.15, -0.1) is 5.10 Å². The van der Waals surface area contributed by atoms with E-state index in [1.165, 1.54) is 11.8 Å². The maximum Gasteiger partial charge on any atom is 0.255 e. The molecule has 3 rings (SSSR count). The molecule has 0 spiro atoms. The maximum atomic E-state index is 13.0. The van der Waals surface area contributed by atoms with E-state index in [-0.39, 0.29) is 11.9 Å². The number of carbonyl (C=O) groups is 1. The van der Waals surface area contributed by atoms with Gasteiger partial charge in [0.1, 0.15) is 0 Å². The molecule has 8 heteroatoms. The normalized spacial score (nSPS) is 16.5. The van der Waals surface area contributed by atoms with E-state index in [4.69, 9.17) is 11.6 Å². The summed E-state index contributed by atoms with van der Waals surface area (Å²) in [5, 5.41) is 12.1. The first-order valence-electron chi connectivity index (χ1n) is 8.44. The van der Waals surface area contributed by atoms with Crippen LogP contribution in [0.4, 0.5) is 11.6 Å². The smallest absolute Gasteiger partial charge is 0.255 e. The number of thioether (sulfide) groups is 1. The number of aromatic nitrogens is 3. The van der Waals surface area contributed by atoms with Crippen LogP contribution < -0.4 is 10.6 Å². The minimum Gasteiger partial charge on any atom is -0.328 e. The molecule has 1 aromatic carbocycles. The second-order valence-electron chi connectivity index (χ2n) is 6.64. The number of nitrogens with one attached hydrogen (secondary N) is 2. The van der Waals surface area contributed by atoms with Gasteiger partial charge in [-0.3, -0.25) is 4.79 Å². The maximum absolute atomic E-state index is 13.0. The van der Waals surface area contributed by atoms with E-state index in [1.54, 1.807) is 24.3 Å². The minimum atomic E-state index is -0.160. The number of anilines is 2. The number of hydrogen-bond donors (Lipinski definition) is 2. The fourth-order valence-electron chi connectivity index (χ4n) is 3.02. The molecule has 2 N–H and O–H groups in total. The number of benzene rings is 1. The molecule has 0 saturated carbocycles. The molecule has 0 aliphatic carbocycles. The highest BCUT2D eigenvalue weighted by Gasteiger charge is 2.33. The summed E-state index contributed by atoms with van der Waals surface area (Å²) in [6.45, 7) is 6.18. The number of rotatable bonds is 5. The van der Waals surface area contributed by atoms with Crippen molar-refractivity contribution in [1.82, 2.24) is 14.8 Å². The largest absolute Gasteiger partial charge is 0.328 e. The first-order chi connectivity index (χ1) is 12.4. The first kappa shape index (κ1) is 18.8. The van der Waals surface area contributed by atoms with Gasteiger partial charge in [0.25, 0.3) is 5.91 Å². The van der Waals surface area contributed by atoms with Crippen molar-refractivity contribution in [2.75, 3.05) is 16.9 Å². The Kier molecular flexibility index (Phi) is 5.58. The van der Waals surface area contributed by atoms with Crippen molar-refractivity contribution >= 4 is 40.9 Å². The SMILES string of the molecule is CSc1nc2n(n1)C(CC(C)C)C(C(=O)Nc1ccc(Cl)cc1)=C(C)N2. The van der Waals surface area contributed by atoms with Crippen LogP contribution in [0.25, 0.3) is 0 Å². The molecule has 138 valence electrons. The Morgan fingerprint density at radius 3 is 2.69 bits per heavy atom. The molecule has 0 fully saturated rings. The molecule has 0 bridgehead atoms. The summed E-state index contributed by atoms with van der Waals surface area (Å²) in [4.78, 5) is 17.5. The van der Waals surface area contributed by atoms with E-state index in [1.807, 2.05) is 17.9 Å². The Morgan fingerprint density at radius 1 is 1.38 bits per heavy atom. The fourth-order valence-corrected chi connectivity index (χ4v) is 3.49. The van der Waals surface area contributed by atoms with E-state index in [0.717, 1.165) is 12.1 Å². The molecule has 1 aromatic heterocycles. The van der Waals surface area contributed by atoms with Crippen LogP contribution >= 0.6 is 23.4 Å². The lowest BCUT2D eigenvalue weighted by Gasteiger charge is -2.29. The summed E-state index contributed by atoms with van der Waals surface area (Å²) in [7, 11) is 0. The summed E-state index contributed by atoms with van der Waals surface area (Å²) >= 11 is 7.40. The highest BCUT2D eigenvalue weighted by molar-refractivity contribution is 7.98. The van der Waals surface area contributed by atoms with E-state index in [9.17, 15) is 4.79 Å². The third kappa shape index (κ3) is 3.88. The lowest BCUT2D eigenvalue weighted by molar-refractivity contribution is -0.113. The average molecular weight is 392 g/mol. The quantitative estimate of drug-likeness (QED) is 0.730. The number of halogens is 1. The Hall–Kier alpha value is -1.99. The van der Waals surface area contributed by atoms with Crippen molar-refractivity contribution in [2.24, 2.45) is 5.92 Å². The molecule has 1 atom stereocenters. The van der Waals surface area contributed by atoms with Gasteiger partial charge in [-0.25, -0.2) is 4.68 Å². The zero-order valence-electron chi connectivity index (χ0n) is 15.2. The predicted octanol–water partition coefficient (Wildman–Crippen LogP) is 4.58. The van der Waals surface area contributed by atoms with Crippen LogP contribution in [0.15, 0.2) is 40.7 Å². The highest BCUT2D eigenvalue weighted by atomic mass is 35.5. The zero-order chi connectivity index (χ0) is 18.8. The summed E-state index contributed by atoms with van der Waals surface area (Å²) in [5.41, 5.74) is 2.19. The van der Waals surface area contributed by atoms with Gasteiger partial charge in [-0.2, -0.15) is 4.98 Å². The van der Waals surface area contributed by atoms with E-state index >= 15 is 0 Å². The Labute approximate surface area is 162 Å². The molecule has 0 radical (unpaired) electrons. The first-order valence-corrected chi connectivity index (χ1v) is 10.0. The lowest BCUT2D eigenvalue weighted by atomic mass is 9.94. The monoisotopic (exact) mass is 391 g/mol. The van der Waals surface area contributed by atoms with Crippen LogP contribution in [0.3, 0.4) is 0 Å². The van der Waals surface area contributed by atoms with Crippen molar-refractivity contribution in [3.8, 4) is 0 Å². The van der Waals surface area contributed by atoms with E-state index in [2.05, 4.69) is 34.6 Å². The van der Waals surface area contributed by atoms with Crippen LogP contribution in [0.2, 0.25) is 5.02 Å². The van der Waals surface area contributed by atoms with E-state index < -0.39 is 0 Å². The van der Waals surface area contributed by atoms with Gasteiger partial charge in [0.05, 0.1) is 11.6 Å². The molecule has 6 nitrogen and oxygen atoms in total. The molecular formula is C18H22ClN5OS. The number of hydrogen-bond acceptors (Lipinski definition) is 5. The number of amides is 1. The van der Waals surface area contributed by atoms with Gasteiger partial charge in [0.15, 0.2) is 0 Å². The summed E-state index contributed by atoms with van der Waals surface area (Å²) < 4.78 is 1.83. The summed E-state index contributed by atoms with van der Waals surface area (Å²) in [6, 6.07) is 6.92. The third-order valence-corrected chi connectivity index (χ3v) is 4.96. The van der Waals surface area contributed by atoms with Crippen LogP contribution in [0.1, 0.15) is 33.2 Å². The average Bonchev–Trinajstić information content (AvgIpc) is 2.99. The van der Waals surface area contributed by atoms with E-state index in [0.29, 0.717) is 33.3 Å². The summed E-state index contributed by atoms with van der Waals surface area (Å²) in [5.74, 6) is 0.939. The highest BCUT2D eigenvalue weighted by Crippen LogP contribution is 2.35. The van der Waals surface area contributed by atoms with Gasteiger partial charge >= 0.3 is 0 Å². The molecule has 1 amide bonds. The number of carbonyl (C=O) groups excluding carboxylic acids is 1. The summed E-state index contributed by atoms with van der Waals surface area (Å²) in [6.07, 6.45) is 2.74. The van der Waals surface area contributed by atoms with Crippen LogP contribution in [-0.2, 0) is 4.79 Å². The van der Waals surface area contributed by atoms with Crippen molar-refractivity contribution in [3.05, 3.63) is 40.6 Å². The molecule has 1 unspecified atom stereocenters. The van der Waals surface area contributed by atoms with Gasteiger partial charge in [-0.05, 0) is 49.8 Å². The number of allylic oxidation sites excluding steroid dienone is 1. The Balaban J connectivity index is 1.93. The molecule has 0 saturated heterocycles. The van der Waals surface area contributed by atoms with Crippen molar-refractivity contribution in [2.45, 2.75) is 38.4 Å². The van der Waals surface area contributed by atoms with Crippen molar-refractivity contribution in [3.63, 3.8) is 0 Å². The van der Waals surface area contributed by atoms with Gasteiger partial charge < -0.3 is 10.6 Å². The number of fused-ring (bicyclic) bond motifs is 1. The zero-order valence-corrected chi connectivity index (χ0v) is 16.8. The molecule has 26 heavy (non-hydrogen) atoms. The second-order valence-corrected chi connectivity index (χ2v) is 7.85. The minimum absolute atomic E-state index is 0.144. The van der Waals surface area contributed by atoms with Gasteiger partial charge in [0.2, 0.25) is 11.1 Å². The predicted molar refractivity (Wildman–Crippen MR) is 107 cm³/mol. The Morgan fingerprint density at radius 2 is 2.08 bits per heavy atom. The second kappa shape index (κ2) is 7.72. The third-order valence-electron chi connectivity index (χ3n) is 4.17.